The molecule has 0 fully saturated rings. The highest BCUT2D eigenvalue weighted by Crippen LogP contribution is 2.36. The molecule has 5 aromatic rings. The molecule has 0 aliphatic heterocycles. The number of pyridine rings is 1. The molecule has 6 heteroatoms. The summed E-state index contributed by atoms with van der Waals surface area (Å²) in [6, 6.07) is 10.0. The third kappa shape index (κ3) is 2.22. The van der Waals surface area contributed by atoms with Crippen LogP contribution in [0.3, 0.4) is 0 Å². The summed E-state index contributed by atoms with van der Waals surface area (Å²) in [5.41, 5.74) is 5.07. The van der Waals surface area contributed by atoms with E-state index in [4.69, 9.17) is 9.72 Å². The smallest absolute Gasteiger partial charge is 0.137 e. The Kier molecular flexibility index (Phi) is 3.11. The van der Waals surface area contributed by atoms with E-state index < -0.39 is 0 Å². The maximum Gasteiger partial charge on any atom is 0.137 e. The molecule has 0 saturated carbocycles. The predicted molar refractivity (Wildman–Crippen MR) is 101 cm³/mol. The Morgan fingerprint density at radius 2 is 1.96 bits per heavy atom. The van der Waals surface area contributed by atoms with E-state index in [1.165, 1.54) is 0 Å². The van der Waals surface area contributed by atoms with Gasteiger partial charge in [-0.05, 0) is 30.3 Å². The molecule has 0 aliphatic carbocycles. The molecule has 25 heavy (non-hydrogen) atoms. The molecule has 4 heterocycles. The maximum absolute atomic E-state index is 5.35. The first-order valence-electron chi connectivity index (χ1n) is 7.87. The molecule has 5 nitrogen and oxygen atoms in total. The zero-order valence-corrected chi connectivity index (χ0v) is 14.2. The van der Waals surface area contributed by atoms with E-state index in [9.17, 15) is 0 Å². The Labute approximate surface area is 147 Å². The Morgan fingerprint density at radius 3 is 2.88 bits per heavy atom. The minimum atomic E-state index is 0.841. The first-order chi connectivity index (χ1) is 12.3. The van der Waals surface area contributed by atoms with Crippen LogP contribution in [-0.2, 0) is 0 Å². The fraction of sp³-hybridized carbons (Fsp3) is 0.0526. The molecule has 0 radical (unpaired) electrons. The van der Waals surface area contributed by atoms with Crippen LogP contribution in [0.4, 0.5) is 0 Å². The first-order valence-corrected chi connectivity index (χ1v) is 8.75. The fourth-order valence-corrected chi connectivity index (χ4v) is 3.94. The highest BCUT2D eigenvalue weighted by Gasteiger charge is 2.14. The predicted octanol–water partition coefficient (Wildman–Crippen LogP) is 4.84. The summed E-state index contributed by atoms with van der Waals surface area (Å²) < 4.78 is 5.35. The van der Waals surface area contributed by atoms with Crippen molar-refractivity contribution in [3.8, 4) is 27.6 Å². The van der Waals surface area contributed by atoms with Crippen molar-refractivity contribution < 1.29 is 4.74 Å². The minimum absolute atomic E-state index is 0.841. The van der Waals surface area contributed by atoms with Gasteiger partial charge in [-0.25, -0.2) is 9.97 Å². The average molecular weight is 346 g/mol. The summed E-state index contributed by atoms with van der Waals surface area (Å²) in [5.74, 6) is 0.841. The average Bonchev–Trinajstić information content (AvgIpc) is 3.37. The molecule has 0 aliphatic rings. The van der Waals surface area contributed by atoms with Crippen molar-refractivity contribution in [3.05, 3.63) is 54.3 Å². The zero-order valence-electron chi connectivity index (χ0n) is 13.4. The largest absolute Gasteiger partial charge is 0.497 e. The molecule has 0 saturated heterocycles. The molecular formula is C19H14N4OS. The molecule has 0 bridgehead atoms. The number of methoxy groups -OCH3 is 1. The number of benzene rings is 1. The van der Waals surface area contributed by atoms with Crippen LogP contribution in [0.15, 0.2) is 54.3 Å². The number of rotatable bonds is 3. The second-order valence-corrected chi connectivity index (χ2v) is 6.61. The summed E-state index contributed by atoms with van der Waals surface area (Å²) in [6.45, 7) is 0. The van der Waals surface area contributed by atoms with E-state index in [1.807, 2.05) is 36.7 Å². The van der Waals surface area contributed by atoms with E-state index in [2.05, 4.69) is 26.4 Å². The standard InChI is InChI=1S/C19H14N4OS/c1-24-11-4-5-16-13(7-11)15(9-21-16)19-23-17(10-25-19)14-8-22-18-12(14)3-2-6-20-18/h2-10,21H,1H3,(H,20,22). The molecule has 0 unspecified atom stereocenters. The SMILES string of the molecule is COc1ccc2[nH]cc(-c3nc(-c4c[nH]c5ncccc45)cs3)c2c1. The monoisotopic (exact) mass is 346 g/mol. The zero-order chi connectivity index (χ0) is 16.8. The molecule has 122 valence electrons. The van der Waals surface area contributed by atoms with Crippen molar-refractivity contribution >= 4 is 33.3 Å². The third-order valence-electron chi connectivity index (χ3n) is 4.35. The van der Waals surface area contributed by atoms with Crippen LogP contribution in [0, 0.1) is 0 Å². The van der Waals surface area contributed by atoms with Crippen LogP contribution >= 0.6 is 11.3 Å². The van der Waals surface area contributed by atoms with Gasteiger partial charge in [0.05, 0.1) is 12.8 Å². The van der Waals surface area contributed by atoms with Crippen molar-refractivity contribution in [1.82, 2.24) is 19.9 Å². The summed E-state index contributed by atoms with van der Waals surface area (Å²) in [5, 5.41) is 5.26. The minimum Gasteiger partial charge on any atom is -0.497 e. The Morgan fingerprint density at radius 1 is 1.04 bits per heavy atom. The molecule has 0 amide bonds. The number of nitrogens with one attached hydrogen (secondary N) is 2. The highest BCUT2D eigenvalue weighted by atomic mass is 32.1. The van der Waals surface area contributed by atoms with E-state index in [-0.39, 0.29) is 0 Å². The normalized spacial score (nSPS) is 11.4. The topological polar surface area (TPSA) is 66.6 Å². The van der Waals surface area contributed by atoms with Crippen LogP contribution in [-0.4, -0.2) is 27.0 Å². The number of nitrogens with zero attached hydrogens (tertiary/aromatic N) is 2. The lowest BCUT2D eigenvalue weighted by atomic mass is 10.1. The van der Waals surface area contributed by atoms with Gasteiger partial charge < -0.3 is 14.7 Å². The van der Waals surface area contributed by atoms with Crippen molar-refractivity contribution in [2.24, 2.45) is 0 Å². The Balaban J connectivity index is 1.63. The van der Waals surface area contributed by atoms with Gasteiger partial charge in [-0.1, -0.05) is 0 Å². The number of fused-ring (bicyclic) bond motifs is 2. The lowest BCUT2D eigenvalue weighted by Crippen LogP contribution is -1.82. The van der Waals surface area contributed by atoms with E-state index in [0.29, 0.717) is 0 Å². The van der Waals surface area contributed by atoms with E-state index in [0.717, 1.165) is 49.5 Å². The molecular weight excluding hydrogens is 332 g/mol. The molecule has 1 aromatic carbocycles. The van der Waals surface area contributed by atoms with Crippen LogP contribution in [0.5, 0.6) is 5.75 Å². The lowest BCUT2D eigenvalue weighted by Gasteiger charge is -2.00. The second kappa shape index (κ2) is 5.46. The van der Waals surface area contributed by atoms with Gasteiger partial charge in [-0.3, -0.25) is 0 Å². The van der Waals surface area contributed by atoms with Crippen molar-refractivity contribution in [2.75, 3.05) is 7.11 Å². The van der Waals surface area contributed by atoms with Crippen LogP contribution in [0.2, 0.25) is 0 Å². The van der Waals surface area contributed by atoms with Gasteiger partial charge in [0.15, 0.2) is 0 Å². The number of ether oxygens (including phenoxy) is 1. The summed E-state index contributed by atoms with van der Waals surface area (Å²) in [7, 11) is 1.68. The number of aromatic nitrogens is 4. The third-order valence-corrected chi connectivity index (χ3v) is 5.23. The first kappa shape index (κ1) is 14.2. The fourth-order valence-electron chi connectivity index (χ4n) is 3.09. The summed E-state index contributed by atoms with van der Waals surface area (Å²) >= 11 is 1.64. The number of aromatic amines is 2. The quantitative estimate of drug-likeness (QED) is 0.491. The Bertz CT molecular complexity index is 1200. The van der Waals surface area contributed by atoms with E-state index >= 15 is 0 Å². The van der Waals surface area contributed by atoms with Crippen molar-refractivity contribution in [1.29, 1.82) is 0 Å². The van der Waals surface area contributed by atoms with Crippen molar-refractivity contribution in [3.63, 3.8) is 0 Å². The van der Waals surface area contributed by atoms with E-state index in [1.54, 1.807) is 24.6 Å². The van der Waals surface area contributed by atoms with Gasteiger partial charge >= 0.3 is 0 Å². The number of H-pyrrole nitrogens is 2. The number of thiazole rings is 1. The van der Waals surface area contributed by atoms with Crippen LogP contribution < -0.4 is 4.74 Å². The van der Waals surface area contributed by atoms with Gasteiger partial charge in [-0.15, -0.1) is 11.3 Å². The number of hydrogen-bond donors (Lipinski definition) is 2. The maximum atomic E-state index is 5.35. The molecule has 4 aromatic heterocycles. The second-order valence-electron chi connectivity index (χ2n) is 5.75. The molecule has 2 N–H and O–H groups in total. The summed E-state index contributed by atoms with van der Waals surface area (Å²) in [6.07, 6.45) is 5.76. The summed E-state index contributed by atoms with van der Waals surface area (Å²) in [4.78, 5) is 15.7. The van der Waals surface area contributed by atoms with Gasteiger partial charge in [0.2, 0.25) is 0 Å². The van der Waals surface area contributed by atoms with Crippen LogP contribution in [0.25, 0.3) is 43.8 Å². The van der Waals surface area contributed by atoms with Crippen LogP contribution in [0.1, 0.15) is 0 Å². The van der Waals surface area contributed by atoms with Crippen molar-refractivity contribution in [2.45, 2.75) is 0 Å². The Hall–Kier alpha value is -3.12. The molecule has 0 atom stereocenters. The lowest BCUT2D eigenvalue weighted by molar-refractivity contribution is 0.415. The van der Waals surface area contributed by atoms with Gasteiger partial charge in [0.1, 0.15) is 16.4 Å². The highest BCUT2D eigenvalue weighted by molar-refractivity contribution is 7.13. The van der Waals surface area contributed by atoms with Gasteiger partial charge in [0, 0.05) is 51.4 Å². The number of hydrogen-bond acceptors (Lipinski definition) is 4. The van der Waals surface area contributed by atoms with Gasteiger partial charge in [0.25, 0.3) is 0 Å². The molecule has 5 rings (SSSR count). The van der Waals surface area contributed by atoms with Gasteiger partial charge in [-0.2, -0.15) is 0 Å². The molecule has 0 spiro atoms.